The van der Waals surface area contributed by atoms with E-state index in [1.165, 1.54) is 6.20 Å². The van der Waals surface area contributed by atoms with E-state index in [0.29, 0.717) is 17.5 Å². The fraction of sp³-hybridized carbons (Fsp3) is 0.125. The molecule has 0 aliphatic heterocycles. The minimum atomic E-state index is -0.227. The molecule has 20 heavy (non-hydrogen) atoms. The molecule has 0 saturated heterocycles. The maximum atomic E-state index is 12.1. The second kappa shape index (κ2) is 7.07. The molecular weight excluding hydrogens is 252 g/mol. The Morgan fingerprint density at radius 2 is 2.05 bits per heavy atom. The van der Waals surface area contributed by atoms with E-state index in [0.717, 1.165) is 5.69 Å². The Balaban J connectivity index is 2.11. The molecule has 0 aliphatic carbocycles. The highest BCUT2D eigenvalue weighted by Crippen LogP contribution is 2.09. The number of carbonyl (C=O) groups excluding carboxylic acids is 1. The summed E-state index contributed by atoms with van der Waals surface area (Å²) in [6.45, 7) is 0.0224. The van der Waals surface area contributed by atoms with Gasteiger partial charge in [-0.15, -0.1) is 0 Å². The van der Waals surface area contributed by atoms with Gasteiger partial charge in [-0.25, -0.2) is 0 Å². The Morgan fingerprint density at radius 3 is 2.80 bits per heavy atom. The Morgan fingerprint density at radius 1 is 1.25 bits per heavy atom. The average molecular weight is 266 g/mol. The Labute approximate surface area is 117 Å². The lowest BCUT2D eigenvalue weighted by atomic mass is 10.2. The number of aliphatic hydroxyl groups is 1. The van der Waals surface area contributed by atoms with Crippen LogP contribution in [0.15, 0.2) is 48.8 Å². The normalized spacial score (nSPS) is 9.45. The second-order valence-electron chi connectivity index (χ2n) is 4.06. The molecule has 2 rings (SSSR count). The van der Waals surface area contributed by atoms with Crippen LogP contribution >= 0.6 is 0 Å². The average Bonchev–Trinajstić information content (AvgIpc) is 2.49. The predicted octanol–water partition coefficient (Wildman–Crippen LogP) is 2.07. The molecule has 0 fully saturated rings. The van der Waals surface area contributed by atoms with Crippen molar-refractivity contribution in [1.82, 2.24) is 4.98 Å². The van der Waals surface area contributed by atoms with Crippen LogP contribution < -0.4 is 5.32 Å². The number of carbonyl (C=O) groups is 1. The van der Waals surface area contributed by atoms with Gasteiger partial charge >= 0.3 is 0 Å². The molecule has 0 atom stereocenters. The summed E-state index contributed by atoms with van der Waals surface area (Å²) in [4.78, 5) is 16.1. The summed E-state index contributed by atoms with van der Waals surface area (Å²) in [5.41, 5.74) is 1.83. The summed E-state index contributed by atoms with van der Waals surface area (Å²) >= 11 is 0. The Kier molecular flexibility index (Phi) is 4.87. The van der Waals surface area contributed by atoms with E-state index >= 15 is 0 Å². The van der Waals surface area contributed by atoms with Crippen LogP contribution in [0.4, 0.5) is 5.69 Å². The van der Waals surface area contributed by atoms with Gasteiger partial charge in [-0.1, -0.05) is 30.0 Å². The van der Waals surface area contributed by atoms with Crippen LogP contribution in [0, 0.1) is 11.8 Å². The summed E-state index contributed by atoms with van der Waals surface area (Å²) in [6.07, 6.45) is 3.49. The summed E-state index contributed by atoms with van der Waals surface area (Å²) in [5, 5.41) is 11.5. The first-order valence-electron chi connectivity index (χ1n) is 6.21. The van der Waals surface area contributed by atoms with Crippen molar-refractivity contribution in [3.63, 3.8) is 0 Å². The molecule has 100 valence electrons. The molecule has 2 aromatic rings. The number of anilines is 1. The van der Waals surface area contributed by atoms with Crippen LogP contribution in [0.3, 0.4) is 0 Å². The number of rotatable bonds is 3. The third kappa shape index (κ3) is 3.94. The molecule has 0 aliphatic rings. The van der Waals surface area contributed by atoms with E-state index in [4.69, 9.17) is 5.11 Å². The summed E-state index contributed by atoms with van der Waals surface area (Å²) in [7, 11) is 0. The highest BCUT2D eigenvalue weighted by atomic mass is 16.2. The Bertz CT molecular complexity index is 642. The monoisotopic (exact) mass is 266 g/mol. The number of aromatic nitrogens is 1. The van der Waals surface area contributed by atoms with Crippen molar-refractivity contribution in [1.29, 1.82) is 0 Å². The lowest BCUT2D eigenvalue weighted by molar-refractivity contribution is 0.102. The van der Waals surface area contributed by atoms with Gasteiger partial charge in [0.1, 0.15) is 0 Å². The van der Waals surface area contributed by atoms with Crippen LogP contribution in [0.25, 0.3) is 0 Å². The molecule has 1 aromatic carbocycles. The van der Waals surface area contributed by atoms with Crippen molar-refractivity contribution in [2.45, 2.75) is 6.42 Å². The van der Waals surface area contributed by atoms with Crippen LogP contribution in [-0.4, -0.2) is 22.6 Å². The van der Waals surface area contributed by atoms with Crippen molar-refractivity contribution in [2.24, 2.45) is 0 Å². The minimum Gasteiger partial charge on any atom is -0.395 e. The number of pyridine rings is 1. The smallest absolute Gasteiger partial charge is 0.257 e. The largest absolute Gasteiger partial charge is 0.395 e. The fourth-order valence-electron chi connectivity index (χ4n) is 1.58. The zero-order valence-electron chi connectivity index (χ0n) is 10.8. The minimum absolute atomic E-state index is 0.0224. The Hall–Kier alpha value is -2.64. The third-order valence-corrected chi connectivity index (χ3v) is 2.50. The van der Waals surface area contributed by atoms with Gasteiger partial charge in [0, 0.05) is 30.1 Å². The topological polar surface area (TPSA) is 62.2 Å². The van der Waals surface area contributed by atoms with Gasteiger partial charge in [-0.2, -0.15) is 0 Å². The second-order valence-corrected chi connectivity index (χ2v) is 4.06. The lowest BCUT2D eigenvalue weighted by Gasteiger charge is -2.04. The summed E-state index contributed by atoms with van der Waals surface area (Å²) in [6, 6.07) is 10.9. The van der Waals surface area contributed by atoms with Crippen molar-refractivity contribution < 1.29 is 9.90 Å². The van der Waals surface area contributed by atoms with Gasteiger partial charge in [0.2, 0.25) is 0 Å². The molecule has 0 saturated carbocycles. The fourth-order valence-corrected chi connectivity index (χ4v) is 1.58. The first kappa shape index (κ1) is 13.8. The molecule has 0 spiro atoms. The number of para-hydroxylation sites is 1. The van der Waals surface area contributed by atoms with Gasteiger partial charge < -0.3 is 10.4 Å². The zero-order chi connectivity index (χ0) is 14.2. The quantitative estimate of drug-likeness (QED) is 0.836. The molecule has 4 nitrogen and oxygen atoms in total. The van der Waals surface area contributed by atoms with E-state index in [2.05, 4.69) is 22.1 Å². The van der Waals surface area contributed by atoms with E-state index in [1.807, 2.05) is 30.3 Å². The van der Waals surface area contributed by atoms with Crippen LogP contribution in [0.5, 0.6) is 0 Å². The summed E-state index contributed by atoms with van der Waals surface area (Å²) < 4.78 is 0. The van der Waals surface area contributed by atoms with Crippen LogP contribution in [-0.2, 0) is 0 Å². The highest BCUT2D eigenvalue weighted by molar-refractivity contribution is 6.04. The van der Waals surface area contributed by atoms with Gasteiger partial charge in [0.05, 0.1) is 12.2 Å². The van der Waals surface area contributed by atoms with Crippen LogP contribution in [0.1, 0.15) is 22.3 Å². The molecule has 4 heteroatoms. The number of benzene rings is 1. The lowest BCUT2D eigenvalue weighted by Crippen LogP contribution is -2.12. The van der Waals surface area contributed by atoms with Gasteiger partial charge in [-0.05, 0) is 18.2 Å². The number of aliphatic hydroxyl groups excluding tert-OH is 1. The summed E-state index contributed by atoms with van der Waals surface area (Å²) in [5.74, 6) is 5.42. The first-order chi connectivity index (χ1) is 9.79. The molecule has 1 aromatic heterocycles. The zero-order valence-corrected chi connectivity index (χ0v) is 10.8. The van der Waals surface area contributed by atoms with Crippen molar-refractivity contribution in [3.05, 3.63) is 59.9 Å². The molecular formula is C16H14N2O2. The highest BCUT2D eigenvalue weighted by Gasteiger charge is 2.06. The number of nitrogens with one attached hydrogen (secondary N) is 1. The van der Waals surface area contributed by atoms with E-state index in [1.54, 1.807) is 12.3 Å². The van der Waals surface area contributed by atoms with E-state index in [-0.39, 0.29) is 12.5 Å². The maximum Gasteiger partial charge on any atom is 0.257 e. The molecule has 1 heterocycles. The van der Waals surface area contributed by atoms with Crippen molar-refractivity contribution in [2.75, 3.05) is 11.9 Å². The van der Waals surface area contributed by atoms with Crippen molar-refractivity contribution in [3.8, 4) is 11.8 Å². The van der Waals surface area contributed by atoms with Gasteiger partial charge in [-0.3, -0.25) is 9.78 Å². The molecule has 2 N–H and O–H groups in total. The number of nitrogens with zero attached hydrogens (tertiary/aromatic N) is 1. The molecule has 0 bridgehead atoms. The van der Waals surface area contributed by atoms with Gasteiger partial charge in [0.15, 0.2) is 0 Å². The third-order valence-electron chi connectivity index (χ3n) is 2.50. The molecule has 0 radical (unpaired) electrons. The van der Waals surface area contributed by atoms with Gasteiger partial charge in [0.25, 0.3) is 5.91 Å². The van der Waals surface area contributed by atoms with E-state index < -0.39 is 0 Å². The molecule has 1 amide bonds. The van der Waals surface area contributed by atoms with E-state index in [9.17, 15) is 4.79 Å². The predicted molar refractivity (Wildman–Crippen MR) is 77.2 cm³/mol. The van der Waals surface area contributed by atoms with Crippen LogP contribution in [0.2, 0.25) is 0 Å². The number of hydrogen-bond acceptors (Lipinski definition) is 3. The number of amides is 1. The number of hydrogen-bond donors (Lipinski definition) is 2. The van der Waals surface area contributed by atoms with Crippen molar-refractivity contribution >= 4 is 11.6 Å². The first-order valence-corrected chi connectivity index (χ1v) is 6.21. The maximum absolute atomic E-state index is 12.1. The molecule has 0 unspecified atom stereocenters. The standard InChI is InChI=1S/C16H14N2O2/c19-9-5-4-6-13-10-14(12-17-11-13)16(20)18-15-7-2-1-3-8-15/h1-3,7-8,10-12,19H,5,9H2,(H,18,20). The SMILES string of the molecule is O=C(Nc1ccccc1)c1cncc(C#CCCO)c1.